The first-order valence-electron chi connectivity index (χ1n) is 9.38. The van der Waals surface area contributed by atoms with Gasteiger partial charge in [0.05, 0.1) is 6.54 Å². The van der Waals surface area contributed by atoms with E-state index in [-0.39, 0.29) is 11.8 Å². The van der Waals surface area contributed by atoms with E-state index in [1.807, 2.05) is 17.0 Å². The summed E-state index contributed by atoms with van der Waals surface area (Å²) in [5, 5.41) is 0.622. The van der Waals surface area contributed by atoms with E-state index >= 15 is 0 Å². The van der Waals surface area contributed by atoms with Crippen LogP contribution in [0.1, 0.15) is 46.0 Å². The molecule has 6 heteroatoms. The van der Waals surface area contributed by atoms with Crippen LogP contribution in [0.4, 0.5) is 0 Å². The van der Waals surface area contributed by atoms with E-state index in [1.165, 1.54) is 0 Å². The molecule has 1 aromatic carbocycles. The Hall–Kier alpha value is -1.75. The van der Waals surface area contributed by atoms with Crippen molar-refractivity contribution in [2.75, 3.05) is 33.3 Å². The molecule has 0 saturated carbocycles. The average molecular weight is 383 g/mol. The van der Waals surface area contributed by atoms with Crippen LogP contribution < -0.4 is 4.74 Å². The Morgan fingerprint density at radius 1 is 1.04 bits per heavy atom. The van der Waals surface area contributed by atoms with Gasteiger partial charge in [-0.25, -0.2) is 0 Å². The molecule has 0 aliphatic carbocycles. The van der Waals surface area contributed by atoms with Gasteiger partial charge >= 0.3 is 0 Å². The van der Waals surface area contributed by atoms with Crippen molar-refractivity contribution < 1.29 is 14.3 Å². The second-order valence-corrected chi connectivity index (χ2v) is 6.79. The highest BCUT2D eigenvalue weighted by molar-refractivity contribution is 6.30. The summed E-state index contributed by atoms with van der Waals surface area (Å²) in [6, 6.07) is 7.18. The predicted molar refractivity (Wildman–Crippen MR) is 106 cm³/mol. The molecule has 0 aromatic heterocycles. The van der Waals surface area contributed by atoms with Crippen LogP contribution in [0.3, 0.4) is 0 Å². The van der Waals surface area contributed by atoms with Crippen molar-refractivity contribution in [3.05, 3.63) is 29.3 Å². The van der Waals surface area contributed by atoms with Gasteiger partial charge in [0, 0.05) is 38.0 Å². The zero-order valence-corrected chi connectivity index (χ0v) is 16.9. The van der Waals surface area contributed by atoms with Crippen LogP contribution in [-0.2, 0) is 9.59 Å². The smallest absolute Gasteiger partial charge is 0.222 e. The second-order valence-electron chi connectivity index (χ2n) is 6.36. The maximum absolute atomic E-state index is 12.2. The summed E-state index contributed by atoms with van der Waals surface area (Å²) in [6.07, 6.45) is 3.31. The van der Waals surface area contributed by atoms with Gasteiger partial charge in [-0.15, -0.1) is 0 Å². The number of ether oxygens (including phenoxy) is 1. The van der Waals surface area contributed by atoms with Gasteiger partial charge in [0.15, 0.2) is 0 Å². The minimum atomic E-state index is 0.0324. The fourth-order valence-corrected chi connectivity index (χ4v) is 2.80. The lowest BCUT2D eigenvalue weighted by Crippen LogP contribution is -2.33. The molecule has 0 aliphatic rings. The van der Waals surface area contributed by atoms with Crippen LogP contribution in [0.25, 0.3) is 0 Å². The normalized spacial score (nSPS) is 10.5. The average Bonchev–Trinajstić information content (AvgIpc) is 2.61. The summed E-state index contributed by atoms with van der Waals surface area (Å²) in [6.45, 7) is 6.63. The molecular weight excluding hydrogens is 352 g/mol. The van der Waals surface area contributed by atoms with Gasteiger partial charge in [-0.1, -0.05) is 31.5 Å². The quantitative estimate of drug-likeness (QED) is 0.549. The van der Waals surface area contributed by atoms with E-state index in [2.05, 4.69) is 13.8 Å². The highest BCUT2D eigenvalue weighted by Crippen LogP contribution is 2.17. The molecule has 2 amide bonds. The van der Waals surface area contributed by atoms with Crippen LogP contribution >= 0.6 is 11.6 Å². The lowest BCUT2D eigenvalue weighted by atomic mass is 10.2. The minimum absolute atomic E-state index is 0.0324. The molecule has 0 saturated heterocycles. The van der Waals surface area contributed by atoms with Gasteiger partial charge in [0.2, 0.25) is 11.8 Å². The number of likely N-dealkylation sites (N-methyl/N-ethyl adjacent to an activating group) is 1. The van der Waals surface area contributed by atoms with Gasteiger partial charge in [-0.3, -0.25) is 9.59 Å². The van der Waals surface area contributed by atoms with Crippen molar-refractivity contribution in [1.82, 2.24) is 9.80 Å². The van der Waals surface area contributed by atoms with Gasteiger partial charge in [0.25, 0.3) is 0 Å². The van der Waals surface area contributed by atoms with E-state index in [0.717, 1.165) is 25.9 Å². The number of hydrogen-bond donors (Lipinski definition) is 0. The monoisotopic (exact) mass is 382 g/mol. The summed E-state index contributed by atoms with van der Waals surface area (Å²) in [5.41, 5.74) is 0. The fourth-order valence-electron chi connectivity index (χ4n) is 2.62. The molecular formula is C20H31ClN2O3. The van der Waals surface area contributed by atoms with Gasteiger partial charge in [-0.2, -0.15) is 0 Å². The number of nitrogens with zero attached hydrogens (tertiary/aromatic N) is 2. The largest absolute Gasteiger partial charge is 0.492 e. The molecule has 0 aliphatic heterocycles. The highest BCUT2D eigenvalue weighted by atomic mass is 35.5. The third-order valence-corrected chi connectivity index (χ3v) is 4.27. The van der Waals surface area contributed by atoms with E-state index in [9.17, 15) is 9.59 Å². The lowest BCUT2D eigenvalue weighted by molar-refractivity contribution is -0.132. The standard InChI is InChI=1S/C20H31ClN2O3/c1-4-12-23(13-5-2)20(25)11-7-10-19(24)22(3)14-15-26-18-9-6-8-17(21)16-18/h6,8-9,16H,4-5,7,10-15H2,1-3H3. The Morgan fingerprint density at radius 2 is 1.69 bits per heavy atom. The number of benzene rings is 1. The van der Waals surface area contributed by atoms with Crippen molar-refractivity contribution in [3.63, 3.8) is 0 Å². The molecule has 26 heavy (non-hydrogen) atoms. The Balaban J connectivity index is 2.26. The molecule has 0 atom stereocenters. The zero-order chi connectivity index (χ0) is 19.4. The first kappa shape index (κ1) is 22.3. The SMILES string of the molecule is CCCN(CCC)C(=O)CCCC(=O)N(C)CCOc1cccc(Cl)c1. The first-order valence-corrected chi connectivity index (χ1v) is 9.75. The highest BCUT2D eigenvalue weighted by Gasteiger charge is 2.14. The maximum Gasteiger partial charge on any atom is 0.222 e. The number of amides is 2. The summed E-state index contributed by atoms with van der Waals surface area (Å²) in [7, 11) is 1.76. The summed E-state index contributed by atoms with van der Waals surface area (Å²) in [5.74, 6) is 0.870. The topological polar surface area (TPSA) is 49.9 Å². The molecule has 1 aromatic rings. The van der Waals surface area contributed by atoms with Gasteiger partial charge in [-0.05, 0) is 37.5 Å². The number of halogens is 1. The first-order chi connectivity index (χ1) is 12.5. The number of carbonyl (C=O) groups excluding carboxylic acids is 2. The van der Waals surface area contributed by atoms with Gasteiger partial charge in [0.1, 0.15) is 12.4 Å². The maximum atomic E-state index is 12.2. The molecule has 146 valence electrons. The third-order valence-electron chi connectivity index (χ3n) is 4.04. The Kier molecular flexibility index (Phi) is 10.8. The molecule has 0 spiro atoms. The summed E-state index contributed by atoms with van der Waals surface area (Å²) < 4.78 is 5.60. The molecule has 1 rings (SSSR count). The molecule has 0 fully saturated rings. The minimum Gasteiger partial charge on any atom is -0.492 e. The molecule has 0 N–H and O–H groups in total. The zero-order valence-electron chi connectivity index (χ0n) is 16.2. The summed E-state index contributed by atoms with van der Waals surface area (Å²) >= 11 is 5.91. The van der Waals surface area contributed by atoms with Crippen molar-refractivity contribution in [2.24, 2.45) is 0 Å². The molecule has 0 radical (unpaired) electrons. The van der Waals surface area contributed by atoms with Crippen molar-refractivity contribution in [2.45, 2.75) is 46.0 Å². The number of rotatable bonds is 12. The third kappa shape index (κ3) is 8.56. The van der Waals surface area contributed by atoms with E-state index < -0.39 is 0 Å². The van der Waals surface area contributed by atoms with E-state index in [1.54, 1.807) is 24.1 Å². The number of hydrogen-bond acceptors (Lipinski definition) is 3. The fraction of sp³-hybridized carbons (Fsp3) is 0.600. The Bertz CT molecular complexity index is 560. The molecule has 5 nitrogen and oxygen atoms in total. The van der Waals surface area contributed by atoms with Crippen molar-refractivity contribution in [1.29, 1.82) is 0 Å². The van der Waals surface area contributed by atoms with Crippen LogP contribution in [0.5, 0.6) is 5.75 Å². The van der Waals surface area contributed by atoms with E-state index in [4.69, 9.17) is 16.3 Å². The molecule has 0 unspecified atom stereocenters. The number of carbonyl (C=O) groups is 2. The predicted octanol–water partition coefficient (Wildman–Crippen LogP) is 4.00. The Labute approximate surface area is 162 Å². The van der Waals surface area contributed by atoms with Crippen LogP contribution in [0.15, 0.2) is 24.3 Å². The lowest BCUT2D eigenvalue weighted by Gasteiger charge is -2.22. The van der Waals surface area contributed by atoms with Crippen molar-refractivity contribution >= 4 is 23.4 Å². The molecule has 0 bridgehead atoms. The molecule has 0 heterocycles. The van der Waals surface area contributed by atoms with Crippen LogP contribution in [-0.4, -0.2) is 54.9 Å². The Morgan fingerprint density at radius 3 is 2.31 bits per heavy atom. The van der Waals surface area contributed by atoms with Crippen molar-refractivity contribution in [3.8, 4) is 5.75 Å². The van der Waals surface area contributed by atoms with Crippen LogP contribution in [0, 0.1) is 0 Å². The van der Waals surface area contributed by atoms with Crippen LogP contribution in [0.2, 0.25) is 5.02 Å². The second kappa shape index (κ2) is 12.6. The van der Waals surface area contributed by atoms with Gasteiger partial charge < -0.3 is 14.5 Å². The summed E-state index contributed by atoms with van der Waals surface area (Å²) in [4.78, 5) is 27.9. The van der Waals surface area contributed by atoms with E-state index in [0.29, 0.717) is 43.2 Å².